The number of piperidine rings is 1. The van der Waals surface area contributed by atoms with Gasteiger partial charge in [-0.25, -0.2) is 9.97 Å². The van der Waals surface area contributed by atoms with Crippen LogP contribution < -0.4 is 4.74 Å². The molecule has 2 aliphatic rings. The van der Waals surface area contributed by atoms with Crippen molar-refractivity contribution in [3.63, 3.8) is 0 Å². The molecule has 0 saturated carbocycles. The molecule has 0 bridgehead atoms. The van der Waals surface area contributed by atoms with E-state index in [-0.39, 0.29) is 11.3 Å². The number of benzene rings is 1. The van der Waals surface area contributed by atoms with Gasteiger partial charge in [-0.15, -0.1) is 0 Å². The molecule has 0 aliphatic carbocycles. The van der Waals surface area contributed by atoms with Crippen molar-refractivity contribution in [2.75, 3.05) is 33.4 Å². The van der Waals surface area contributed by atoms with Crippen LogP contribution in [0.15, 0.2) is 36.7 Å². The summed E-state index contributed by atoms with van der Waals surface area (Å²) in [5.41, 5.74) is 2.53. The zero-order chi connectivity index (χ0) is 18.7. The van der Waals surface area contributed by atoms with Gasteiger partial charge in [-0.1, -0.05) is 12.1 Å². The molecule has 2 aliphatic heterocycles. The summed E-state index contributed by atoms with van der Waals surface area (Å²) in [6.45, 7) is 3.31. The largest absolute Gasteiger partial charge is 0.479 e. The third-order valence-electron chi connectivity index (χ3n) is 5.77. The second-order valence-corrected chi connectivity index (χ2v) is 7.43. The third-order valence-corrected chi connectivity index (χ3v) is 5.77. The van der Waals surface area contributed by atoms with Gasteiger partial charge in [0, 0.05) is 49.8 Å². The second kappa shape index (κ2) is 7.64. The number of ether oxygens (including phenoxy) is 2. The first-order valence-corrected chi connectivity index (χ1v) is 9.53. The quantitative estimate of drug-likeness (QED) is 0.834. The number of nitrogens with zero attached hydrogens (tertiary/aromatic N) is 3. The molecule has 0 radical (unpaired) electrons. The number of amides is 1. The number of carbonyl (C=O) groups excluding carboxylic acids is 1. The van der Waals surface area contributed by atoms with Crippen LogP contribution in [0.4, 0.5) is 0 Å². The number of aromatic nitrogens is 2. The topological polar surface area (TPSA) is 64.6 Å². The van der Waals surface area contributed by atoms with Gasteiger partial charge < -0.3 is 14.4 Å². The Hall–Kier alpha value is -2.47. The Morgan fingerprint density at radius 3 is 2.59 bits per heavy atom. The monoisotopic (exact) mass is 367 g/mol. The van der Waals surface area contributed by atoms with Crippen molar-refractivity contribution in [1.82, 2.24) is 14.9 Å². The van der Waals surface area contributed by atoms with E-state index in [0.717, 1.165) is 51.1 Å². The summed E-state index contributed by atoms with van der Waals surface area (Å²) < 4.78 is 10.8. The van der Waals surface area contributed by atoms with Crippen LogP contribution >= 0.6 is 0 Å². The lowest BCUT2D eigenvalue weighted by atomic mass is 9.74. The van der Waals surface area contributed by atoms with E-state index in [0.29, 0.717) is 17.1 Å². The van der Waals surface area contributed by atoms with Crippen molar-refractivity contribution in [3.05, 3.63) is 42.2 Å². The minimum Gasteiger partial charge on any atom is -0.479 e. The predicted octanol–water partition coefficient (Wildman–Crippen LogP) is 3.19. The summed E-state index contributed by atoms with van der Waals surface area (Å²) in [5, 5.41) is 0. The van der Waals surface area contributed by atoms with Crippen molar-refractivity contribution in [3.8, 4) is 17.1 Å². The Kier molecular flexibility index (Phi) is 5.07. The van der Waals surface area contributed by atoms with Crippen LogP contribution in [0.25, 0.3) is 11.3 Å². The number of rotatable bonds is 3. The van der Waals surface area contributed by atoms with E-state index in [2.05, 4.69) is 9.97 Å². The van der Waals surface area contributed by atoms with Gasteiger partial charge in [-0.05, 0) is 43.2 Å². The standard InChI is InChI=1S/C21H25N3O3/c1-26-19-18(22-10-11-23-19)16-3-5-17(6-4-16)20(25)24-12-2-7-21(15-24)8-13-27-14-9-21/h3-6,10-11H,2,7-9,12-15H2,1H3. The Morgan fingerprint density at radius 1 is 1.11 bits per heavy atom. The smallest absolute Gasteiger partial charge is 0.253 e. The summed E-state index contributed by atoms with van der Waals surface area (Å²) in [6.07, 6.45) is 7.62. The van der Waals surface area contributed by atoms with Gasteiger partial charge >= 0.3 is 0 Å². The first-order chi connectivity index (χ1) is 13.2. The minimum atomic E-state index is 0.109. The van der Waals surface area contributed by atoms with E-state index >= 15 is 0 Å². The molecule has 0 atom stereocenters. The molecule has 0 unspecified atom stereocenters. The first-order valence-electron chi connectivity index (χ1n) is 9.53. The molecule has 6 heteroatoms. The Morgan fingerprint density at radius 2 is 1.85 bits per heavy atom. The Balaban J connectivity index is 1.51. The molecule has 0 N–H and O–H groups in total. The van der Waals surface area contributed by atoms with Gasteiger partial charge in [-0.2, -0.15) is 0 Å². The number of hydrogen-bond donors (Lipinski definition) is 0. The third kappa shape index (κ3) is 3.67. The average molecular weight is 367 g/mol. The highest BCUT2D eigenvalue weighted by Crippen LogP contribution is 2.39. The average Bonchev–Trinajstić information content (AvgIpc) is 2.74. The van der Waals surface area contributed by atoms with Crippen LogP contribution in [0, 0.1) is 5.41 Å². The molecular formula is C21H25N3O3. The van der Waals surface area contributed by atoms with E-state index in [1.54, 1.807) is 19.5 Å². The minimum absolute atomic E-state index is 0.109. The molecule has 1 aromatic carbocycles. The Bertz CT molecular complexity index is 795. The lowest BCUT2D eigenvalue weighted by molar-refractivity contribution is -0.0229. The van der Waals surface area contributed by atoms with Crippen molar-refractivity contribution in [2.24, 2.45) is 5.41 Å². The molecule has 2 fully saturated rings. The number of carbonyl (C=O) groups is 1. The molecule has 1 aromatic heterocycles. The fourth-order valence-corrected chi connectivity index (χ4v) is 4.22. The lowest BCUT2D eigenvalue weighted by Crippen LogP contribution is -2.48. The highest BCUT2D eigenvalue weighted by Gasteiger charge is 2.38. The van der Waals surface area contributed by atoms with Crippen molar-refractivity contribution in [1.29, 1.82) is 0 Å². The van der Waals surface area contributed by atoms with E-state index in [4.69, 9.17) is 9.47 Å². The molecule has 1 spiro atoms. The van der Waals surface area contributed by atoms with Crippen molar-refractivity contribution in [2.45, 2.75) is 25.7 Å². The highest BCUT2D eigenvalue weighted by molar-refractivity contribution is 5.94. The normalized spacial score (nSPS) is 19.1. The molecule has 142 valence electrons. The van der Waals surface area contributed by atoms with Crippen LogP contribution in [0.3, 0.4) is 0 Å². The highest BCUT2D eigenvalue weighted by atomic mass is 16.5. The van der Waals surface area contributed by atoms with Gasteiger partial charge in [-0.3, -0.25) is 4.79 Å². The van der Waals surface area contributed by atoms with Crippen LogP contribution in [-0.2, 0) is 4.74 Å². The van der Waals surface area contributed by atoms with E-state index in [1.165, 1.54) is 6.42 Å². The maximum atomic E-state index is 13.0. The summed E-state index contributed by atoms with van der Waals surface area (Å²) in [6, 6.07) is 7.57. The van der Waals surface area contributed by atoms with Crippen molar-refractivity contribution >= 4 is 5.91 Å². The summed E-state index contributed by atoms with van der Waals surface area (Å²) in [5.74, 6) is 0.590. The predicted molar refractivity (Wildman–Crippen MR) is 102 cm³/mol. The van der Waals surface area contributed by atoms with Gasteiger partial charge in [0.2, 0.25) is 5.88 Å². The fourth-order valence-electron chi connectivity index (χ4n) is 4.22. The molecule has 6 nitrogen and oxygen atoms in total. The van der Waals surface area contributed by atoms with Crippen LogP contribution in [0.5, 0.6) is 5.88 Å². The van der Waals surface area contributed by atoms with Crippen LogP contribution in [-0.4, -0.2) is 54.2 Å². The molecule has 3 heterocycles. The molecular weight excluding hydrogens is 342 g/mol. The van der Waals surface area contributed by atoms with E-state index in [1.807, 2.05) is 29.2 Å². The zero-order valence-electron chi connectivity index (χ0n) is 15.7. The number of methoxy groups -OCH3 is 1. The SMILES string of the molecule is COc1nccnc1-c1ccc(C(=O)N2CCCC3(CCOCC3)C2)cc1. The molecule has 27 heavy (non-hydrogen) atoms. The van der Waals surface area contributed by atoms with Gasteiger partial charge in [0.1, 0.15) is 5.69 Å². The van der Waals surface area contributed by atoms with E-state index < -0.39 is 0 Å². The maximum Gasteiger partial charge on any atom is 0.253 e. The van der Waals surface area contributed by atoms with Crippen LogP contribution in [0.2, 0.25) is 0 Å². The second-order valence-electron chi connectivity index (χ2n) is 7.43. The molecule has 1 amide bonds. The molecule has 2 saturated heterocycles. The summed E-state index contributed by atoms with van der Waals surface area (Å²) >= 11 is 0. The van der Waals surface area contributed by atoms with Gasteiger partial charge in [0.05, 0.1) is 7.11 Å². The van der Waals surface area contributed by atoms with E-state index in [9.17, 15) is 4.79 Å². The fraction of sp³-hybridized carbons (Fsp3) is 0.476. The van der Waals surface area contributed by atoms with Gasteiger partial charge in [0.25, 0.3) is 5.91 Å². The summed E-state index contributed by atoms with van der Waals surface area (Å²) in [4.78, 5) is 23.6. The first kappa shape index (κ1) is 17.9. The maximum absolute atomic E-state index is 13.0. The molecule has 4 rings (SSSR count). The number of likely N-dealkylation sites (tertiary alicyclic amines) is 1. The Labute approximate surface area is 159 Å². The lowest BCUT2D eigenvalue weighted by Gasteiger charge is -2.45. The molecule has 2 aromatic rings. The van der Waals surface area contributed by atoms with Crippen LogP contribution in [0.1, 0.15) is 36.0 Å². The van der Waals surface area contributed by atoms with Gasteiger partial charge in [0.15, 0.2) is 0 Å². The summed E-state index contributed by atoms with van der Waals surface area (Å²) in [7, 11) is 1.58. The van der Waals surface area contributed by atoms with Crippen molar-refractivity contribution < 1.29 is 14.3 Å². The zero-order valence-corrected chi connectivity index (χ0v) is 15.7. The number of hydrogen-bond acceptors (Lipinski definition) is 5.